The second-order valence-corrected chi connectivity index (χ2v) is 6.16. The number of imidazole rings is 1. The zero-order chi connectivity index (χ0) is 16.6. The summed E-state index contributed by atoms with van der Waals surface area (Å²) in [7, 11) is 0. The number of likely N-dealkylation sites (tertiary alicyclic amines) is 1. The molecule has 2 amide bonds. The number of aryl methyl sites for hydroxylation is 2. The molecule has 1 aliphatic heterocycles. The van der Waals surface area contributed by atoms with Gasteiger partial charge < -0.3 is 10.6 Å². The lowest BCUT2D eigenvalue weighted by atomic mass is 9.96. The minimum Gasteiger partial charge on any atom is -0.369 e. The van der Waals surface area contributed by atoms with Gasteiger partial charge in [0, 0.05) is 25.2 Å². The lowest BCUT2D eigenvalue weighted by molar-refractivity contribution is -0.123. The summed E-state index contributed by atoms with van der Waals surface area (Å²) in [6.07, 6.45) is 3.93. The smallest absolute Gasteiger partial charge is 0.272 e. The first kappa shape index (κ1) is 15.5. The summed E-state index contributed by atoms with van der Waals surface area (Å²) in [6.45, 7) is 5.13. The van der Waals surface area contributed by atoms with Crippen LogP contribution in [0.5, 0.6) is 0 Å². The zero-order valence-electron chi connectivity index (χ0n) is 13.6. The Kier molecular flexibility index (Phi) is 4.07. The number of amides is 2. The quantitative estimate of drug-likeness (QED) is 0.933. The second-order valence-electron chi connectivity index (χ2n) is 6.16. The molecule has 3 rings (SSSR count). The van der Waals surface area contributed by atoms with E-state index in [1.165, 1.54) is 0 Å². The van der Waals surface area contributed by atoms with Crippen LogP contribution in [0.25, 0.3) is 5.65 Å². The molecule has 0 bridgehead atoms. The molecule has 0 atom stereocenters. The normalized spacial score (nSPS) is 16.0. The summed E-state index contributed by atoms with van der Waals surface area (Å²) in [6, 6.07) is 3.93. The molecule has 0 unspecified atom stereocenters. The predicted octanol–water partition coefficient (Wildman–Crippen LogP) is 1.54. The maximum Gasteiger partial charge on any atom is 0.272 e. The van der Waals surface area contributed by atoms with Crippen molar-refractivity contribution < 1.29 is 9.59 Å². The fourth-order valence-electron chi connectivity index (χ4n) is 3.19. The third-order valence-electron chi connectivity index (χ3n) is 4.56. The highest BCUT2D eigenvalue weighted by Gasteiger charge is 2.29. The highest BCUT2D eigenvalue weighted by molar-refractivity contribution is 5.95. The van der Waals surface area contributed by atoms with Crippen molar-refractivity contribution in [2.75, 3.05) is 13.1 Å². The van der Waals surface area contributed by atoms with E-state index in [4.69, 9.17) is 5.73 Å². The summed E-state index contributed by atoms with van der Waals surface area (Å²) < 4.78 is 1.89. The summed E-state index contributed by atoms with van der Waals surface area (Å²) >= 11 is 0. The fraction of sp³-hybridized carbons (Fsp3) is 0.471. The van der Waals surface area contributed by atoms with E-state index in [1.54, 1.807) is 0 Å². The van der Waals surface area contributed by atoms with Gasteiger partial charge in [-0.05, 0) is 37.8 Å². The van der Waals surface area contributed by atoms with Gasteiger partial charge in [-0.1, -0.05) is 13.0 Å². The lowest BCUT2D eigenvalue weighted by Crippen LogP contribution is -2.42. The first-order valence-corrected chi connectivity index (χ1v) is 8.07. The number of primary amides is 1. The maximum atomic E-state index is 13.0. The van der Waals surface area contributed by atoms with Crippen molar-refractivity contribution in [1.82, 2.24) is 14.3 Å². The zero-order valence-corrected chi connectivity index (χ0v) is 13.6. The number of aromatic nitrogens is 2. The van der Waals surface area contributed by atoms with Gasteiger partial charge in [0.2, 0.25) is 5.91 Å². The summed E-state index contributed by atoms with van der Waals surface area (Å²) in [5.74, 6) is -0.395. The molecule has 2 N–H and O–H groups in total. The molecular formula is C17H22N4O2. The van der Waals surface area contributed by atoms with Gasteiger partial charge in [0.05, 0.1) is 5.69 Å². The second kappa shape index (κ2) is 6.02. The van der Waals surface area contributed by atoms with Crippen LogP contribution in [-0.4, -0.2) is 39.2 Å². The Morgan fingerprint density at radius 1 is 1.30 bits per heavy atom. The van der Waals surface area contributed by atoms with E-state index >= 15 is 0 Å². The van der Waals surface area contributed by atoms with Gasteiger partial charge in [-0.25, -0.2) is 4.98 Å². The van der Waals surface area contributed by atoms with E-state index < -0.39 is 0 Å². The fourth-order valence-corrected chi connectivity index (χ4v) is 3.19. The molecule has 0 aromatic carbocycles. The predicted molar refractivity (Wildman–Crippen MR) is 87.1 cm³/mol. The first-order chi connectivity index (χ1) is 11.0. The number of nitrogens with zero attached hydrogens (tertiary/aromatic N) is 3. The van der Waals surface area contributed by atoms with E-state index in [1.807, 2.05) is 41.5 Å². The van der Waals surface area contributed by atoms with Crippen LogP contribution in [0.1, 0.15) is 41.5 Å². The third-order valence-corrected chi connectivity index (χ3v) is 4.56. The summed E-state index contributed by atoms with van der Waals surface area (Å²) in [5, 5.41) is 0. The number of hydrogen-bond acceptors (Lipinski definition) is 3. The Hall–Kier alpha value is -2.37. The summed E-state index contributed by atoms with van der Waals surface area (Å²) in [5.41, 5.74) is 8.70. The minimum atomic E-state index is -0.267. The maximum absolute atomic E-state index is 13.0. The Morgan fingerprint density at radius 3 is 2.61 bits per heavy atom. The van der Waals surface area contributed by atoms with Crippen LogP contribution >= 0.6 is 0 Å². The van der Waals surface area contributed by atoms with Gasteiger partial charge in [0.15, 0.2) is 0 Å². The number of piperidine rings is 1. The Labute approximate surface area is 135 Å². The molecule has 6 nitrogen and oxygen atoms in total. The van der Waals surface area contributed by atoms with Crippen molar-refractivity contribution in [2.45, 2.75) is 33.1 Å². The third kappa shape index (κ3) is 2.81. The molecule has 0 radical (unpaired) electrons. The Balaban J connectivity index is 1.92. The monoisotopic (exact) mass is 314 g/mol. The lowest BCUT2D eigenvalue weighted by Gasteiger charge is -2.30. The van der Waals surface area contributed by atoms with Gasteiger partial charge in [0.25, 0.3) is 5.91 Å². The molecule has 1 fully saturated rings. The molecule has 1 saturated heterocycles. The van der Waals surface area contributed by atoms with Crippen molar-refractivity contribution >= 4 is 17.5 Å². The largest absolute Gasteiger partial charge is 0.369 e. The van der Waals surface area contributed by atoms with Crippen LogP contribution in [0.2, 0.25) is 0 Å². The van der Waals surface area contributed by atoms with E-state index in [0.29, 0.717) is 38.0 Å². The van der Waals surface area contributed by atoms with Crippen LogP contribution in [-0.2, 0) is 11.2 Å². The highest BCUT2D eigenvalue weighted by atomic mass is 16.2. The number of pyridine rings is 1. The molecule has 0 spiro atoms. The van der Waals surface area contributed by atoms with Gasteiger partial charge in [0.1, 0.15) is 11.3 Å². The summed E-state index contributed by atoms with van der Waals surface area (Å²) in [4.78, 5) is 30.7. The number of carbonyl (C=O) groups is 2. The van der Waals surface area contributed by atoms with Crippen molar-refractivity contribution in [1.29, 1.82) is 0 Å². The standard InChI is InChI=1S/C17H22N4O2/c1-3-13-15(21-10-11(2)4-5-14(21)19-13)17(23)20-8-6-12(7-9-20)16(18)22/h4-5,10,12H,3,6-9H2,1-2H3,(H2,18,22). The van der Waals surface area contributed by atoms with Crippen LogP contribution in [0, 0.1) is 12.8 Å². The molecule has 122 valence electrons. The van der Waals surface area contributed by atoms with Crippen LogP contribution in [0.3, 0.4) is 0 Å². The van der Waals surface area contributed by atoms with Crippen molar-refractivity contribution in [3.63, 3.8) is 0 Å². The number of nitrogens with two attached hydrogens (primary N) is 1. The molecular weight excluding hydrogens is 292 g/mol. The number of carbonyl (C=O) groups excluding carboxylic acids is 2. The highest BCUT2D eigenvalue weighted by Crippen LogP contribution is 2.21. The van der Waals surface area contributed by atoms with Crippen molar-refractivity contribution in [3.05, 3.63) is 35.3 Å². The Bertz CT molecular complexity index is 757. The molecule has 2 aromatic heterocycles. The average molecular weight is 314 g/mol. The van der Waals surface area contributed by atoms with Crippen LogP contribution in [0.4, 0.5) is 0 Å². The van der Waals surface area contributed by atoms with Gasteiger partial charge in [-0.3, -0.25) is 14.0 Å². The Morgan fingerprint density at radius 2 is 2.00 bits per heavy atom. The molecule has 0 saturated carbocycles. The van der Waals surface area contributed by atoms with E-state index in [0.717, 1.165) is 16.9 Å². The van der Waals surface area contributed by atoms with Crippen LogP contribution < -0.4 is 5.73 Å². The van der Waals surface area contributed by atoms with E-state index in [9.17, 15) is 9.59 Å². The SMILES string of the molecule is CCc1nc2ccc(C)cn2c1C(=O)N1CCC(C(N)=O)CC1. The molecule has 1 aliphatic rings. The number of rotatable bonds is 3. The molecule has 0 aliphatic carbocycles. The molecule has 23 heavy (non-hydrogen) atoms. The minimum absolute atomic E-state index is 0.0112. The average Bonchev–Trinajstić information content (AvgIpc) is 2.91. The van der Waals surface area contributed by atoms with Crippen LogP contribution in [0.15, 0.2) is 18.3 Å². The van der Waals surface area contributed by atoms with E-state index in [-0.39, 0.29) is 17.7 Å². The topological polar surface area (TPSA) is 80.7 Å². The van der Waals surface area contributed by atoms with E-state index in [2.05, 4.69) is 4.98 Å². The van der Waals surface area contributed by atoms with Crippen molar-refractivity contribution in [2.24, 2.45) is 11.7 Å². The van der Waals surface area contributed by atoms with Crippen molar-refractivity contribution in [3.8, 4) is 0 Å². The number of fused-ring (bicyclic) bond motifs is 1. The van der Waals surface area contributed by atoms with Gasteiger partial charge >= 0.3 is 0 Å². The van der Waals surface area contributed by atoms with Gasteiger partial charge in [-0.15, -0.1) is 0 Å². The van der Waals surface area contributed by atoms with Gasteiger partial charge in [-0.2, -0.15) is 0 Å². The first-order valence-electron chi connectivity index (χ1n) is 8.07. The molecule has 6 heteroatoms. The number of hydrogen-bond donors (Lipinski definition) is 1. The molecule has 2 aromatic rings. The molecule has 3 heterocycles.